The van der Waals surface area contributed by atoms with Crippen LogP contribution in [0.4, 0.5) is 24.5 Å². The fraction of sp³-hybridized carbons (Fsp3) is 0.0833. The minimum absolute atomic E-state index is 0.0829. The third kappa shape index (κ3) is 3.40. The third-order valence-corrected chi connectivity index (χ3v) is 5.10. The van der Waals surface area contributed by atoms with E-state index in [1.165, 1.54) is 12.1 Å². The van der Waals surface area contributed by atoms with Gasteiger partial charge in [0.15, 0.2) is 0 Å². The molecule has 4 N–H and O–H groups in total. The van der Waals surface area contributed by atoms with Gasteiger partial charge in [0.05, 0.1) is 5.56 Å². The Morgan fingerprint density at radius 3 is 1.69 bits per heavy atom. The van der Waals surface area contributed by atoms with E-state index in [1.807, 2.05) is 49.4 Å². The van der Waals surface area contributed by atoms with Crippen molar-refractivity contribution < 1.29 is 13.2 Å². The normalized spacial score (nSPS) is 11.7. The van der Waals surface area contributed by atoms with Gasteiger partial charge in [-0.25, -0.2) is 0 Å². The first-order valence-electron chi connectivity index (χ1n) is 9.11. The predicted molar refractivity (Wildman–Crippen MR) is 113 cm³/mol. The topological polar surface area (TPSA) is 52.0 Å². The molecule has 0 heterocycles. The van der Waals surface area contributed by atoms with Crippen LogP contribution >= 0.6 is 0 Å². The molecular weight excluding hydrogens is 373 g/mol. The maximum atomic E-state index is 13.7. The van der Waals surface area contributed by atoms with E-state index < -0.39 is 11.7 Å². The van der Waals surface area contributed by atoms with Gasteiger partial charge in [-0.15, -0.1) is 0 Å². The molecule has 0 radical (unpaired) electrons. The van der Waals surface area contributed by atoms with Crippen molar-refractivity contribution in [2.75, 3.05) is 11.5 Å². The first kappa shape index (κ1) is 18.9. The molecule has 0 atom stereocenters. The molecular formula is C24H19F3N2. The Balaban J connectivity index is 2.01. The summed E-state index contributed by atoms with van der Waals surface area (Å²) in [6.45, 7) is 1.97. The monoisotopic (exact) mass is 392 g/mol. The highest BCUT2D eigenvalue weighted by Gasteiger charge is 2.34. The van der Waals surface area contributed by atoms with Crippen LogP contribution in [0.5, 0.6) is 0 Å². The van der Waals surface area contributed by atoms with E-state index in [0.29, 0.717) is 11.3 Å². The molecule has 0 bridgehead atoms. The molecule has 29 heavy (non-hydrogen) atoms. The number of fused-ring (bicyclic) bond motifs is 1. The summed E-state index contributed by atoms with van der Waals surface area (Å²) in [5, 5.41) is 1.62. The fourth-order valence-corrected chi connectivity index (χ4v) is 3.80. The molecule has 0 aliphatic rings. The van der Waals surface area contributed by atoms with Crippen LogP contribution < -0.4 is 11.5 Å². The van der Waals surface area contributed by atoms with Gasteiger partial charge in [0.1, 0.15) is 0 Å². The number of anilines is 2. The maximum Gasteiger partial charge on any atom is 0.417 e. The van der Waals surface area contributed by atoms with E-state index in [-0.39, 0.29) is 11.3 Å². The van der Waals surface area contributed by atoms with Crippen LogP contribution in [0.25, 0.3) is 33.0 Å². The van der Waals surface area contributed by atoms with E-state index >= 15 is 0 Å². The first-order valence-corrected chi connectivity index (χ1v) is 9.11. The Morgan fingerprint density at radius 1 is 0.621 bits per heavy atom. The van der Waals surface area contributed by atoms with Gasteiger partial charge in [0.25, 0.3) is 0 Å². The first-order chi connectivity index (χ1) is 13.8. The van der Waals surface area contributed by atoms with Crippen LogP contribution in [0.2, 0.25) is 0 Å². The van der Waals surface area contributed by atoms with Crippen molar-refractivity contribution in [3.05, 3.63) is 83.9 Å². The Hall–Kier alpha value is -3.47. The molecule has 4 aromatic rings. The molecule has 0 saturated carbocycles. The second-order valence-electron chi connectivity index (χ2n) is 7.08. The highest BCUT2D eigenvalue weighted by molar-refractivity contribution is 6.05. The number of hydrogen-bond donors (Lipinski definition) is 2. The van der Waals surface area contributed by atoms with Crippen molar-refractivity contribution >= 4 is 22.1 Å². The zero-order chi connectivity index (χ0) is 20.8. The van der Waals surface area contributed by atoms with Crippen molar-refractivity contribution in [2.45, 2.75) is 13.1 Å². The summed E-state index contributed by atoms with van der Waals surface area (Å²) >= 11 is 0. The van der Waals surface area contributed by atoms with E-state index in [4.69, 9.17) is 11.5 Å². The van der Waals surface area contributed by atoms with Gasteiger partial charge in [0, 0.05) is 11.4 Å². The lowest BCUT2D eigenvalue weighted by atomic mass is 9.89. The second kappa shape index (κ2) is 6.85. The lowest BCUT2D eigenvalue weighted by Gasteiger charge is -2.17. The van der Waals surface area contributed by atoms with Crippen molar-refractivity contribution in [3.8, 4) is 22.3 Å². The number of alkyl halides is 3. The largest absolute Gasteiger partial charge is 0.417 e. The van der Waals surface area contributed by atoms with Gasteiger partial charge in [0.2, 0.25) is 0 Å². The van der Waals surface area contributed by atoms with E-state index in [0.717, 1.165) is 33.5 Å². The van der Waals surface area contributed by atoms with E-state index in [9.17, 15) is 13.2 Å². The molecule has 0 aliphatic heterocycles. The highest BCUT2D eigenvalue weighted by atomic mass is 19.4. The SMILES string of the molecule is Cc1cc(N)ccc1-c1cccc2c(-c3ccc(N)cc3C(F)(F)F)cccc12. The summed E-state index contributed by atoms with van der Waals surface area (Å²) in [4.78, 5) is 0. The molecule has 146 valence electrons. The van der Waals surface area contributed by atoms with E-state index in [1.54, 1.807) is 12.1 Å². The molecule has 2 nitrogen and oxygen atoms in total. The van der Waals surface area contributed by atoms with Gasteiger partial charge in [-0.1, -0.05) is 48.5 Å². The van der Waals surface area contributed by atoms with Gasteiger partial charge in [-0.05, 0) is 69.8 Å². The second-order valence-corrected chi connectivity index (χ2v) is 7.08. The van der Waals surface area contributed by atoms with Crippen LogP contribution in [-0.4, -0.2) is 0 Å². The zero-order valence-electron chi connectivity index (χ0n) is 15.7. The van der Waals surface area contributed by atoms with Crippen LogP contribution in [0.15, 0.2) is 72.8 Å². The quantitative estimate of drug-likeness (QED) is 0.375. The van der Waals surface area contributed by atoms with Crippen molar-refractivity contribution in [3.63, 3.8) is 0 Å². The van der Waals surface area contributed by atoms with Crippen LogP contribution in [-0.2, 0) is 6.18 Å². The molecule has 4 aromatic carbocycles. The summed E-state index contributed by atoms with van der Waals surface area (Å²) in [5.74, 6) is 0. The summed E-state index contributed by atoms with van der Waals surface area (Å²) in [5.41, 5.74) is 15.1. The number of halogens is 3. The number of aryl methyl sites for hydroxylation is 1. The Kier molecular flexibility index (Phi) is 4.46. The molecule has 0 spiro atoms. The van der Waals surface area contributed by atoms with Gasteiger partial charge >= 0.3 is 6.18 Å². The van der Waals surface area contributed by atoms with Gasteiger partial charge < -0.3 is 11.5 Å². The summed E-state index contributed by atoms with van der Waals surface area (Å²) < 4.78 is 41.0. The molecule has 0 unspecified atom stereocenters. The average molecular weight is 392 g/mol. The molecule has 0 fully saturated rings. The maximum absolute atomic E-state index is 13.7. The van der Waals surface area contributed by atoms with Crippen LogP contribution in [0.1, 0.15) is 11.1 Å². The molecule has 0 aliphatic carbocycles. The standard InChI is InChI=1S/C24H19F3N2/c1-14-12-15(28)8-10-17(14)18-4-2-6-20-19(18)5-3-7-21(20)22-11-9-16(29)13-23(22)24(25,26)27/h2-13H,28-29H2,1H3. The zero-order valence-corrected chi connectivity index (χ0v) is 15.7. The number of nitrogen functional groups attached to an aromatic ring is 2. The molecule has 0 amide bonds. The fourth-order valence-electron chi connectivity index (χ4n) is 3.80. The molecule has 5 heteroatoms. The number of hydrogen-bond acceptors (Lipinski definition) is 2. The molecule has 0 aromatic heterocycles. The van der Waals surface area contributed by atoms with Crippen LogP contribution in [0, 0.1) is 6.92 Å². The third-order valence-electron chi connectivity index (χ3n) is 5.10. The lowest BCUT2D eigenvalue weighted by Crippen LogP contribution is -2.08. The van der Waals surface area contributed by atoms with Crippen molar-refractivity contribution in [2.24, 2.45) is 0 Å². The number of benzene rings is 4. The summed E-state index contributed by atoms with van der Waals surface area (Å²) in [6, 6.07) is 20.7. The average Bonchev–Trinajstić information content (AvgIpc) is 2.67. The Labute approximate surface area is 166 Å². The molecule has 4 rings (SSSR count). The number of rotatable bonds is 2. The number of nitrogens with two attached hydrogens (primary N) is 2. The summed E-state index contributed by atoms with van der Waals surface area (Å²) in [6.07, 6.45) is -4.50. The smallest absolute Gasteiger partial charge is 0.399 e. The van der Waals surface area contributed by atoms with Crippen LogP contribution in [0.3, 0.4) is 0 Å². The minimum Gasteiger partial charge on any atom is -0.399 e. The van der Waals surface area contributed by atoms with Crippen molar-refractivity contribution in [1.82, 2.24) is 0 Å². The van der Waals surface area contributed by atoms with Gasteiger partial charge in [-0.2, -0.15) is 13.2 Å². The Bertz CT molecular complexity index is 1230. The lowest BCUT2D eigenvalue weighted by molar-refractivity contribution is -0.137. The highest BCUT2D eigenvalue weighted by Crippen LogP contribution is 2.42. The van der Waals surface area contributed by atoms with Gasteiger partial charge in [-0.3, -0.25) is 0 Å². The minimum atomic E-state index is -4.50. The molecule has 0 saturated heterocycles. The summed E-state index contributed by atoms with van der Waals surface area (Å²) in [7, 11) is 0. The van der Waals surface area contributed by atoms with Crippen molar-refractivity contribution in [1.29, 1.82) is 0 Å². The Morgan fingerprint density at radius 2 is 1.14 bits per heavy atom. The predicted octanol–water partition coefficient (Wildman–Crippen LogP) is 6.67. The van der Waals surface area contributed by atoms with E-state index in [2.05, 4.69) is 0 Å².